The summed E-state index contributed by atoms with van der Waals surface area (Å²) in [6.07, 6.45) is 1.53. The van der Waals surface area contributed by atoms with E-state index in [4.69, 9.17) is 0 Å². The number of nitrogens with one attached hydrogen (secondary N) is 2. The number of benzene rings is 2. The van der Waals surface area contributed by atoms with Gasteiger partial charge < -0.3 is 15.5 Å². The van der Waals surface area contributed by atoms with Gasteiger partial charge in [0.2, 0.25) is 5.91 Å². The van der Waals surface area contributed by atoms with E-state index >= 15 is 0 Å². The molecular weight excluding hydrogens is 376 g/mol. The van der Waals surface area contributed by atoms with E-state index in [-0.39, 0.29) is 11.9 Å². The number of nitrogens with zero attached hydrogens (tertiary/aromatic N) is 2. The van der Waals surface area contributed by atoms with Gasteiger partial charge in [-0.15, -0.1) is 0 Å². The molecule has 30 heavy (non-hydrogen) atoms. The van der Waals surface area contributed by atoms with E-state index in [2.05, 4.69) is 39.8 Å². The zero-order valence-electron chi connectivity index (χ0n) is 17.9. The van der Waals surface area contributed by atoms with Crippen molar-refractivity contribution >= 4 is 23.3 Å². The fourth-order valence-electron chi connectivity index (χ4n) is 3.53. The van der Waals surface area contributed by atoms with E-state index < -0.39 is 0 Å². The van der Waals surface area contributed by atoms with Crippen molar-refractivity contribution < 1.29 is 9.59 Å². The Hall–Kier alpha value is -2.86. The Morgan fingerprint density at radius 1 is 0.867 bits per heavy atom. The maximum absolute atomic E-state index is 12.6. The molecule has 0 bridgehead atoms. The van der Waals surface area contributed by atoms with Crippen LogP contribution in [0.1, 0.15) is 25.8 Å². The quantitative estimate of drug-likeness (QED) is 0.726. The topological polar surface area (TPSA) is 64.7 Å². The van der Waals surface area contributed by atoms with Crippen LogP contribution in [0.25, 0.3) is 0 Å². The monoisotopic (exact) mass is 408 g/mol. The van der Waals surface area contributed by atoms with Crippen molar-refractivity contribution in [1.29, 1.82) is 0 Å². The first-order valence-electron chi connectivity index (χ1n) is 10.7. The Labute approximate surface area is 179 Å². The molecule has 3 rings (SSSR count). The lowest BCUT2D eigenvalue weighted by Crippen LogP contribution is -2.50. The lowest BCUT2D eigenvalue weighted by atomic mass is 10.1. The van der Waals surface area contributed by atoms with Crippen LogP contribution in [0.4, 0.5) is 16.2 Å². The number of rotatable bonds is 7. The predicted octanol–water partition coefficient (Wildman–Crippen LogP) is 4.06. The van der Waals surface area contributed by atoms with Crippen LogP contribution < -0.4 is 10.6 Å². The first kappa shape index (κ1) is 21.8. The molecule has 1 saturated heterocycles. The van der Waals surface area contributed by atoms with Crippen molar-refractivity contribution in [3.05, 3.63) is 60.2 Å². The summed E-state index contributed by atoms with van der Waals surface area (Å²) in [6, 6.07) is 17.7. The van der Waals surface area contributed by atoms with Crippen LogP contribution in [0, 0.1) is 5.92 Å². The fourth-order valence-corrected chi connectivity index (χ4v) is 3.53. The molecule has 1 heterocycles. The van der Waals surface area contributed by atoms with Gasteiger partial charge >= 0.3 is 6.03 Å². The van der Waals surface area contributed by atoms with Crippen LogP contribution in [0.5, 0.6) is 0 Å². The second-order valence-corrected chi connectivity index (χ2v) is 8.22. The minimum absolute atomic E-state index is 0.00641. The van der Waals surface area contributed by atoms with Gasteiger partial charge in [0.25, 0.3) is 0 Å². The third-order valence-electron chi connectivity index (χ3n) is 5.23. The van der Waals surface area contributed by atoms with Crippen molar-refractivity contribution in [1.82, 2.24) is 9.80 Å². The number of hydrogen-bond acceptors (Lipinski definition) is 3. The van der Waals surface area contributed by atoms with Gasteiger partial charge in [-0.25, -0.2) is 4.79 Å². The molecule has 2 aromatic carbocycles. The number of carbonyl (C=O) groups excluding carboxylic acids is 2. The van der Waals surface area contributed by atoms with Gasteiger partial charge in [-0.3, -0.25) is 9.69 Å². The fraction of sp³-hybridized carbons (Fsp3) is 0.417. The molecule has 0 spiro atoms. The first-order valence-corrected chi connectivity index (χ1v) is 10.7. The highest BCUT2D eigenvalue weighted by atomic mass is 16.2. The molecule has 160 valence electrons. The molecule has 0 atom stereocenters. The number of anilines is 2. The highest BCUT2D eigenvalue weighted by molar-refractivity contribution is 5.92. The summed E-state index contributed by atoms with van der Waals surface area (Å²) in [7, 11) is 0. The summed E-state index contributed by atoms with van der Waals surface area (Å²) in [4.78, 5) is 28.7. The summed E-state index contributed by atoms with van der Waals surface area (Å²) in [5, 5.41) is 5.83. The smallest absolute Gasteiger partial charge is 0.321 e. The summed E-state index contributed by atoms with van der Waals surface area (Å²) in [6.45, 7) is 8.28. The van der Waals surface area contributed by atoms with E-state index in [1.165, 1.54) is 5.56 Å². The molecule has 1 aliphatic rings. The van der Waals surface area contributed by atoms with Crippen molar-refractivity contribution in [2.75, 3.05) is 43.4 Å². The van der Waals surface area contributed by atoms with Gasteiger partial charge in [0.1, 0.15) is 0 Å². The zero-order chi connectivity index (χ0) is 21.3. The van der Waals surface area contributed by atoms with Crippen LogP contribution in [-0.4, -0.2) is 54.5 Å². The summed E-state index contributed by atoms with van der Waals surface area (Å²) >= 11 is 0. The van der Waals surface area contributed by atoms with Crippen molar-refractivity contribution in [2.45, 2.75) is 26.7 Å². The molecule has 2 N–H and O–H groups in total. The maximum Gasteiger partial charge on any atom is 0.321 e. The molecule has 6 heteroatoms. The van der Waals surface area contributed by atoms with Crippen LogP contribution >= 0.6 is 0 Å². The molecule has 3 amide bonds. The minimum Gasteiger partial charge on any atom is -0.326 e. The lowest BCUT2D eigenvalue weighted by molar-refractivity contribution is -0.116. The van der Waals surface area contributed by atoms with Crippen molar-refractivity contribution in [2.24, 2.45) is 5.92 Å². The maximum atomic E-state index is 12.6. The second kappa shape index (κ2) is 10.8. The molecule has 0 aromatic heterocycles. The Morgan fingerprint density at radius 2 is 1.47 bits per heavy atom. The Kier molecular flexibility index (Phi) is 7.85. The molecule has 0 radical (unpaired) electrons. The lowest BCUT2D eigenvalue weighted by Gasteiger charge is -2.34. The Balaban J connectivity index is 1.40. The number of amides is 3. The Morgan fingerprint density at radius 3 is 2.07 bits per heavy atom. The summed E-state index contributed by atoms with van der Waals surface area (Å²) in [5.41, 5.74) is 2.82. The van der Waals surface area contributed by atoms with Crippen molar-refractivity contribution in [3.8, 4) is 0 Å². The van der Waals surface area contributed by atoms with Gasteiger partial charge in [0.05, 0.1) is 0 Å². The summed E-state index contributed by atoms with van der Waals surface area (Å²) < 4.78 is 0. The van der Waals surface area contributed by atoms with Crippen LogP contribution in [-0.2, 0) is 11.2 Å². The van der Waals surface area contributed by atoms with Crippen LogP contribution in [0.3, 0.4) is 0 Å². The van der Waals surface area contributed by atoms with E-state index in [0.717, 1.165) is 50.5 Å². The normalized spacial score (nSPS) is 14.6. The van der Waals surface area contributed by atoms with Crippen LogP contribution in [0.15, 0.2) is 54.6 Å². The van der Waals surface area contributed by atoms with Gasteiger partial charge in [-0.1, -0.05) is 44.2 Å². The average molecular weight is 409 g/mol. The third-order valence-corrected chi connectivity index (χ3v) is 5.23. The average Bonchev–Trinajstić information content (AvgIpc) is 2.74. The van der Waals surface area contributed by atoms with E-state index in [0.29, 0.717) is 12.3 Å². The minimum atomic E-state index is -0.0747. The van der Waals surface area contributed by atoms with Gasteiger partial charge in [-0.2, -0.15) is 0 Å². The van der Waals surface area contributed by atoms with Gasteiger partial charge in [0, 0.05) is 50.5 Å². The molecule has 0 unspecified atom stereocenters. The first-order chi connectivity index (χ1) is 14.5. The second-order valence-electron chi connectivity index (χ2n) is 8.22. The highest BCUT2D eigenvalue weighted by Gasteiger charge is 2.21. The SMILES string of the molecule is CC(C)CC(=O)Nc1ccc(NC(=O)N2CCN(CCc3ccccc3)CC2)cc1. The van der Waals surface area contributed by atoms with Gasteiger partial charge in [0.15, 0.2) is 0 Å². The predicted molar refractivity (Wildman–Crippen MR) is 122 cm³/mol. The van der Waals surface area contributed by atoms with E-state index in [1.54, 1.807) is 0 Å². The number of piperazine rings is 1. The number of hydrogen-bond donors (Lipinski definition) is 2. The van der Waals surface area contributed by atoms with E-state index in [9.17, 15) is 9.59 Å². The number of carbonyl (C=O) groups is 2. The van der Waals surface area contributed by atoms with Crippen LogP contribution in [0.2, 0.25) is 0 Å². The number of urea groups is 1. The highest BCUT2D eigenvalue weighted by Crippen LogP contribution is 2.16. The molecule has 1 fully saturated rings. The zero-order valence-corrected chi connectivity index (χ0v) is 17.9. The molecule has 2 aromatic rings. The standard InChI is InChI=1S/C24H32N4O2/c1-19(2)18-23(29)25-21-8-10-22(11-9-21)26-24(30)28-16-14-27(15-17-28)13-12-20-6-4-3-5-7-20/h3-11,19H,12-18H2,1-2H3,(H,25,29)(H,26,30). The van der Waals surface area contributed by atoms with E-state index in [1.807, 2.05) is 49.1 Å². The molecule has 0 saturated carbocycles. The largest absolute Gasteiger partial charge is 0.326 e. The summed E-state index contributed by atoms with van der Waals surface area (Å²) in [5.74, 6) is 0.328. The van der Waals surface area contributed by atoms with Crippen molar-refractivity contribution in [3.63, 3.8) is 0 Å². The third kappa shape index (κ3) is 6.88. The molecule has 0 aliphatic carbocycles. The van der Waals surface area contributed by atoms with Gasteiger partial charge in [-0.05, 0) is 42.2 Å². The molecule has 6 nitrogen and oxygen atoms in total. The molecule has 1 aliphatic heterocycles. The Bertz CT molecular complexity index is 813. The molecular formula is C24H32N4O2.